The van der Waals surface area contributed by atoms with Gasteiger partial charge in [-0.2, -0.15) is 0 Å². The molecule has 2 aromatic rings. The predicted octanol–water partition coefficient (Wildman–Crippen LogP) is 4.15. The molecule has 0 aromatic heterocycles. The van der Waals surface area contributed by atoms with Crippen LogP contribution in [-0.4, -0.2) is 32.2 Å². The van der Waals surface area contributed by atoms with Crippen molar-refractivity contribution in [2.24, 2.45) is 0 Å². The van der Waals surface area contributed by atoms with E-state index >= 15 is 0 Å². The summed E-state index contributed by atoms with van der Waals surface area (Å²) in [5.41, 5.74) is 5.28. The second kappa shape index (κ2) is 7.10. The summed E-state index contributed by atoms with van der Waals surface area (Å²) in [6, 6.07) is 13.1. The molecule has 1 aliphatic heterocycles. The first-order valence-corrected chi connectivity index (χ1v) is 8.34. The third-order valence-corrected chi connectivity index (χ3v) is 4.82. The van der Waals surface area contributed by atoms with Crippen molar-refractivity contribution in [2.75, 3.05) is 27.3 Å². The Labute approximate surface area is 144 Å². The lowest BCUT2D eigenvalue weighted by molar-refractivity contribution is 0.235. The number of hydrogen-bond donors (Lipinski definition) is 0. The van der Waals surface area contributed by atoms with E-state index in [2.05, 4.69) is 54.8 Å². The van der Waals surface area contributed by atoms with Gasteiger partial charge in [0, 0.05) is 13.1 Å². The lowest BCUT2D eigenvalue weighted by Gasteiger charge is -2.38. The van der Waals surface area contributed by atoms with Gasteiger partial charge >= 0.3 is 0 Å². The summed E-state index contributed by atoms with van der Waals surface area (Å²) in [7, 11) is 3.38. The summed E-state index contributed by atoms with van der Waals surface area (Å²) >= 11 is 0. The highest BCUT2D eigenvalue weighted by Gasteiger charge is 2.30. The molecule has 0 fully saturated rings. The molecule has 0 saturated heterocycles. The summed E-state index contributed by atoms with van der Waals surface area (Å²) in [5.74, 6) is 1.59. The topological polar surface area (TPSA) is 21.7 Å². The quantitative estimate of drug-likeness (QED) is 0.772. The van der Waals surface area contributed by atoms with Crippen LogP contribution in [0.25, 0.3) is 0 Å². The largest absolute Gasteiger partial charge is 0.493 e. The van der Waals surface area contributed by atoms with E-state index in [1.54, 1.807) is 14.2 Å². The third-order valence-electron chi connectivity index (χ3n) is 4.82. The number of benzene rings is 2. The third kappa shape index (κ3) is 2.92. The zero-order valence-electron chi connectivity index (χ0n) is 14.7. The first kappa shape index (κ1) is 16.6. The Kier molecular flexibility index (Phi) is 4.91. The molecule has 24 heavy (non-hydrogen) atoms. The molecule has 3 rings (SSSR count). The lowest BCUT2D eigenvalue weighted by atomic mass is 9.86. The second-order valence-corrected chi connectivity index (χ2v) is 6.20. The van der Waals surface area contributed by atoms with Gasteiger partial charge in [-0.25, -0.2) is 0 Å². The molecule has 2 aromatic carbocycles. The number of rotatable bonds is 5. The molecule has 126 valence electrons. The van der Waals surface area contributed by atoms with Crippen LogP contribution in [0.2, 0.25) is 0 Å². The first-order valence-electron chi connectivity index (χ1n) is 8.34. The molecule has 1 atom stereocenters. The predicted molar refractivity (Wildman–Crippen MR) is 98.0 cm³/mol. The lowest BCUT2D eigenvalue weighted by Crippen LogP contribution is -2.36. The summed E-state index contributed by atoms with van der Waals surface area (Å²) in [4.78, 5) is 2.48. The number of methoxy groups -OCH3 is 2. The second-order valence-electron chi connectivity index (χ2n) is 6.20. The fourth-order valence-electron chi connectivity index (χ4n) is 3.62. The maximum atomic E-state index is 5.55. The van der Waals surface area contributed by atoms with Crippen molar-refractivity contribution in [3.63, 3.8) is 0 Å². The molecular weight excluding hydrogens is 298 g/mol. The van der Waals surface area contributed by atoms with Crippen molar-refractivity contribution in [3.05, 3.63) is 71.3 Å². The first-order chi connectivity index (χ1) is 11.7. The van der Waals surface area contributed by atoms with E-state index in [9.17, 15) is 0 Å². The Bertz CT molecular complexity index is 739. The van der Waals surface area contributed by atoms with Gasteiger partial charge < -0.3 is 9.47 Å². The molecule has 0 aliphatic carbocycles. The molecule has 1 heterocycles. The van der Waals surface area contributed by atoms with E-state index in [4.69, 9.17) is 9.47 Å². The van der Waals surface area contributed by atoms with Crippen LogP contribution < -0.4 is 9.47 Å². The normalized spacial score (nSPS) is 17.2. The van der Waals surface area contributed by atoms with Gasteiger partial charge in [-0.05, 0) is 47.7 Å². The van der Waals surface area contributed by atoms with Crippen molar-refractivity contribution in [2.45, 2.75) is 19.4 Å². The van der Waals surface area contributed by atoms with E-state index in [0.29, 0.717) is 0 Å². The van der Waals surface area contributed by atoms with Gasteiger partial charge in [-0.1, -0.05) is 30.3 Å². The van der Waals surface area contributed by atoms with Gasteiger partial charge in [0.25, 0.3) is 0 Å². The number of ether oxygens (including phenoxy) is 2. The molecule has 1 unspecified atom stereocenters. The molecule has 0 bridgehead atoms. The zero-order chi connectivity index (χ0) is 17.1. The Hall–Kier alpha value is -2.26. The summed E-state index contributed by atoms with van der Waals surface area (Å²) in [6.07, 6.45) is 2.99. The fourth-order valence-corrected chi connectivity index (χ4v) is 3.62. The molecule has 1 aliphatic rings. The Morgan fingerprint density at radius 3 is 2.50 bits per heavy atom. The van der Waals surface area contributed by atoms with Gasteiger partial charge in [-0.15, -0.1) is 6.58 Å². The summed E-state index contributed by atoms with van der Waals surface area (Å²) in [5, 5.41) is 0. The minimum Gasteiger partial charge on any atom is -0.493 e. The van der Waals surface area contributed by atoms with E-state index in [0.717, 1.165) is 31.0 Å². The molecule has 0 radical (unpaired) electrons. The van der Waals surface area contributed by atoms with Crippen LogP contribution in [0.1, 0.15) is 28.3 Å². The highest BCUT2D eigenvalue weighted by atomic mass is 16.5. The number of fused-ring (bicyclic) bond motifs is 1. The van der Waals surface area contributed by atoms with Crippen molar-refractivity contribution in [1.29, 1.82) is 0 Å². The monoisotopic (exact) mass is 323 g/mol. The maximum Gasteiger partial charge on any atom is 0.161 e. The van der Waals surface area contributed by atoms with Crippen molar-refractivity contribution in [1.82, 2.24) is 4.90 Å². The maximum absolute atomic E-state index is 5.55. The molecule has 3 heteroatoms. The molecule has 0 N–H and O–H groups in total. The minimum absolute atomic E-state index is 0.216. The Balaban J connectivity index is 2.17. The molecule has 0 spiro atoms. The summed E-state index contributed by atoms with van der Waals surface area (Å²) < 4.78 is 11.0. The molecule has 0 amide bonds. The number of nitrogens with zero attached hydrogens (tertiary/aromatic N) is 1. The van der Waals surface area contributed by atoms with Gasteiger partial charge in [-0.3, -0.25) is 4.90 Å². The fraction of sp³-hybridized carbons (Fsp3) is 0.333. The minimum atomic E-state index is 0.216. The smallest absolute Gasteiger partial charge is 0.161 e. The standard InChI is InChI=1S/C21H25NO2/c1-5-11-22-12-10-16-13-19(23-3)20(24-4)14-18(16)21(22)17-9-7-6-8-15(17)2/h5-9,13-14,21H,1,10-12H2,2-4H3. The van der Waals surface area contributed by atoms with Crippen molar-refractivity contribution in [3.8, 4) is 11.5 Å². The molecular formula is C21H25NO2. The van der Waals surface area contributed by atoms with E-state index in [-0.39, 0.29) is 6.04 Å². The van der Waals surface area contributed by atoms with Crippen LogP contribution in [-0.2, 0) is 6.42 Å². The van der Waals surface area contributed by atoms with Gasteiger partial charge in [0.15, 0.2) is 11.5 Å². The SMILES string of the molecule is C=CCN1CCc2cc(OC)c(OC)cc2C1c1ccccc1C. The molecule has 3 nitrogen and oxygen atoms in total. The van der Waals surface area contributed by atoms with Crippen LogP contribution in [0.5, 0.6) is 11.5 Å². The number of aryl methyl sites for hydroxylation is 1. The van der Waals surface area contributed by atoms with Gasteiger partial charge in [0.2, 0.25) is 0 Å². The average Bonchev–Trinajstić information content (AvgIpc) is 2.61. The van der Waals surface area contributed by atoms with E-state index < -0.39 is 0 Å². The van der Waals surface area contributed by atoms with Gasteiger partial charge in [0.1, 0.15) is 0 Å². The van der Waals surface area contributed by atoms with Crippen molar-refractivity contribution >= 4 is 0 Å². The van der Waals surface area contributed by atoms with Gasteiger partial charge in [0.05, 0.1) is 20.3 Å². The van der Waals surface area contributed by atoms with Crippen LogP contribution in [0.4, 0.5) is 0 Å². The van der Waals surface area contributed by atoms with Crippen LogP contribution in [0.15, 0.2) is 49.1 Å². The van der Waals surface area contributed by atoms with E-state index in [1.165, 1.54) is 22.3 Å². The molecule has 0 saturated carbocycles. The zero-order valence-corrected chi connectivity index (χ0v) is 14.7. The Morgan fingerprint density at radius 1 is 1.12 bits per heavy atom. The average molecular weight is 323 g/mol. The highest BCUT2D eigenvalue weighted by Crippen LogP contribution is 2.41. The van der Waals surface area contributed by atoms with Crippen LogP contribution in [0.3, 0.4) is 0 Å². The van der Waals surface area contributed by atoms with Crippen LogP contribution >= 0.6 is 0 Å². The Morgan fingerprint density at radius 2 is 1.83 bits per heavy atom. The highest BCUT2D eigenvalue weighted by molar-refractivity contribution is 5.52. The van der Waals surface area contributed by atoms with Crippen LogP contribution in [0, 0.1) is 6.92 Å². The summed E-state index contributed by atoms with van der Waals surface area (Å²) in [6.45, 7) is 7.99. The van der Waals surface area contributed by atoms with E-state index in [1.807, 2.05) is 6.08 Å². The van der Waals surface area contributed by atoms with Crippen molar-refractivity contribution < 1.29 is 9.47 Å². The number of hydrogen-bond acceptors (Lipinski definition) is 3.